The molecule has 1 aromatic heterocycles. The molecule has 38 heavy (non-hydrogen) atoms. The van der Waals surface area contributed by atoms with Gasteiger partial charge in [0.1, 0.15) is 28.6 Å². The molecule has 4 N–H and O–H groups in total. The highest BCUT2D eigenvalue weighted by molar-refractivity contribution is 7.71. The molecule has 206 valence electrons. The molecule has 6 atom stereocenters. The molecule has 3 rings (SSSR count). The highest BCUT2D eigenvalue weighted by Crippen LogP contribution is 2.48. The van der Waals surface area contributed by atoms with E-state index in [4.69, 9.17) is 30.7 Å². The van der Waals surface area contributed by atoms with Crippen LogP contribution in [-0.2, 0) is 23.4 Å². The first-order valence-corrected chi connectivity index (χ1v) is 13.2. The summed E-state index contributed by atoms with van der Waals surface area (Å²) in [6.07, 6.45) is -4.51. The van der Waals surface area contributed by atoms with E-state index in [2.05, 4.69) is 20.1 Å². The number of para-hydroxylation sites is 1. The largest absolute Gasteiger partial charge is 0.462 e. The van der Waals surface area contributed by atoms with E-state index in [1.807, 2.05) is 0 Å². The quantitative estimate of drug-likeness (QED) is 0.0769. The van der Waals surface area contributed by atoms with Crippen LogP contribution < -0.4 is 15.3 Å². The number of aliphatic hydroxyl groups excluding tert-OH is 2. The van der Waals surface area contributed by atoms with E-state index >= 15 is 0 Å². The molecule has 1 aromatic carbocycles. The summed E-state index contributed by atoms with van der Waals surface area (Å²) in [5, 5.41) is 27.3. The van der Waals surface area contributed by atoms with Crippen LogP contribution in [0, 0.1) is 4.64 Å². The lowest BCUT2D eigenvalue weighted by Gasteiger charge is -2.29. The zero-order valence-electron chi connectivity index (χ0n) is 20.5. The van der Waals surface area contributed by atoms with Gasteiger partial charge >= 0.3 is 19.4 Å². The first-order chi connectivity index (χ1) is 17.9. The molecular weight excluding hydrogens is 543 g/mol. The minimum absolute atomic E-state index is 0.0995. The van der Waals surface area contributed by atoms with Crippen molar-refractivity contribution in [2.75, 3.05) is 6.61 Å². The van der Waals surface area contributed by atoms with Gasteiger partial charge in [-0.2, -0.15) is 5.09 Å². The van der Waals surface area contributed by atoms with Gasteiger partial charge in [0, 0.05) is 11.1 Å². The van der Waals surface area contributed by atoms with E-state index in [1.54, 1.807) is 32.0 Å². The van der Waals surface area contributed by atoms with Crippen LogP contribution in [0.4, 0.5) is 0 Å². The molecule has 2 aromatic rings. The summed E-state index contributed by atoms with van der Waals surface area (Å²) < 4.78 is 36.5. The number of ether oxygens (including phenoxy) is 2. The maximum absolute atomic E-state index is 13.7. The van der Waals surface area contributed by atoms with Crippen LogP contribution in [0.5, 0.6) is 5.75 Å². The maximum atomic E-state index is 13.7. The average Bonchev–Trinajstić information content (AvgIpc) is 3.09. The third-order valence-electron chi connectivity index (χ3n) is 5.21. The summed E-state index contributed by atoms with van der Waals surface area (Å²) in [5.41, 5.74) is 6.04. The normalized spacial score (nSPS) is 25.3. The van der Waals surface area contributed by atoms with Crippen molar-refractivity contribution in [3.8, 4) is 5.75 Å². The summed E-state index contributed by atoms with van der Waals surface area (Å²) in [4.78, 5) is 29.7. The van der Waals surface area contributed by atoms with Gasteiger partial charge in [-0.25, -0.2) is 9.36 Å². The summed E-state index contributed by atoms with van der Waals surface area (Å²) in [6, 6.07) is 8.01. The molecule has 15 nitrogen and oxygen atoms in total. The first kappa shape index (κ1) is 29.5. The zero-order chi connectivity index (χ0) is 28.1. The van der Waals surface area contributed by atoms with E-state index in [-0.39, 0.29) is 10.4 Å². The highest BCUT2D eigenvalue weighted by atomic mass is 32.1. The van der Waals surface area contributed by atoms with Crippen LogP contribution in [0.1, 0.15) is 27.0 Å². The Morgan fingerprint density at radius 1 is 1.34 bits per heavy atom. The molecule has 0 spiro atoms. The Morgan fingerprint density at radius 3 is 2.63 bits per heavy atom. The second-order valence-corrected chi connectivity index (χ2v) is 10.6. The van der Waals surface area contributed by atoms with Crippen molar-refractivity contribution < 1.29 is 38.1 Å². The number of H-pyrrole nitrogens is 1. The third-order valence-corrected chi connectivity index (χ3v) is 7.07. The van der Waals surface area contributed by atoms with Crippen molar-refractivity contribution in [2.45, 2.75) is 57.1 Å². The fourth-order valence-corrected chi connectivity index (χ4v) is 5.10. The smallest absolute Gasteiger partial charge is 0.459 e. The van der Waals surface area contributed by atoms with Gasteiger partial charge in [-0.3, -0.25) is 18.9 Å². The van der Waals surface area contributed by atoms with E-state index in [0.29, 0.717) is 0 Å². The van der Waals surface area contributed by atoms with Gasteiger partial charge in [0.2, 0.25) is 5.72 Å². The van der Waals surface area contributed by atoms with Gasteiger partial charge in [0.25, 0.3) is 0 Å². The van der Waals surface area contributed by atoms with Crippen LogP contribution in [0.15, 0.2) is 52.5 Å². The zero-order valence-corrected chi connectivity index (χ0v) is 22.2. The second kappa shape index (κ2) is 12.2. The van der Waals surface area contributed by atoms with Crippen molar-refractivity contribution in [1.29, 1.82) is 0 Å². The Balaban J connectivity index is 1.91. The van der Waals surface area contributed by atoms with Crippen molar-refractivity contribution in [3.05, 3.63) is 68.2 Å². The Hall–Kier alpha value is -3.07. The van der Waals surface area contributed by atoms with Crippen LogP contribution in [0.2, 0.25) is 0 Å². The number of hydrogen-bond donors (Lipinski definition) is 4. The fraction of sp³-hybridized carbons (Fsp3) is 0.476. The summed E-state index contributed by atoms with van der Waals surface area (Å²) >= 11 is 4.89. The number of nitrogens with zero attached hydrogens (tertiary/aromatic N) is 4. The van der Waals surface area contributed by atoms with E-state index in [1.165, 1.54) is 31.3 Å². The molecule has 1 fully saturated rings. The van der Waals surface area contributed by atoms with Crippen molar-refractivity contribution in [2.24, 2.45) is 5.11 Å². The number of aliphatic hydroxyl groups is 2. The number of nitrogens with one attached hydrogen (secondary N) is 2. The lowest BCUT2D eigenvalue weighted by molar-refractivity contribution is -0.149. The molecule has 1 unspecified atom stereocenters. The summed E-state index contributed by atoms with van der Waals surface area (Å²) in [6.45, 7) is 3.71. The van der Waals surface area contributed by atoms with Gasteiger partial charge in [0.05, 0.1) is 12.7 Å². The lowest BCUT2D eigenvalue weighted by Crippen LogP contribution is -2.45. The minimum atomic E-state index is -4.46. The average molecular weight is 571 g/mol. The topological polar surface area (TPSA) is 210 Å². The first-order valence-electron chi connectivity index (χ1n) is 11.3. The molecule has 0 saturated carbocycles. The van der Waals surface area contributed by atoms with Gasteiger partial charge in [0.15, 0.2) is 6.23 Å². The predicted molar refractivity (Wildman–Crippen MR) is 134 cm³/mol. The number of benzene rings is 1. The number of azide groups is 1. The molecule has 17 heteroatoms. The maximum Gasteiger partial charge on any atom is 0.459 e. The van der Waals surface area contributed by atoms with Crippen LogP contribution >= 0.6 is 20.0 Å². The number of aromatic amines is 1. The molecule has 1 saturated heterocycles. The van der Waals surface area contributed by atoms with Gasteiger partial charge < -0.3 is 24.2 Å². The molecule has 2 heterocycles. The van der Waals surface area contributed by atoms with Crippen LogP contribution in [0.3, 0.4) is 0 Å². The summed E-state index contributed by atoms with van der Waals surface area (Å²) in [5.74, 6) is -0.652. The number of carbonyl (C=O) groups excluding carboxylic acids is 1. The van der Waals surface area contributed by atoms with Crippen LogP contribution in [0.25, 0.3) is 10.4 Å². The van der Waals surface area contributed by atoms with Crippen molar-refractivity contribution in [1.82, 2.24) is 14.6 Å². The number of esters is 1. The standard InChI is InChI=1S/C21H27N6O9PS/c1-12(2)34-19(30)13(3)24-37(32,36-14-7-5-4-6-8-14)33-11-21(25-26-22)17(29)16(28)18(35-21)27-10-9-15(38)23-20(27)31/h4-10,12-13,16-18,28-29H,11H2,1-3H3,(H,24,32)(H,23,31,38)/t13-,16+,17-,18+,21+,37?/m0/s1. The highest BCUT2D eigenvalue weighted by Gasteiger charge is 2.56. The molecule has 0 aliphatic carbocycles. The van der Waals surface area contributed by atoms with Gasteiger partial charge in [-0.15, -0.1) is 0 Å². The molecule has 0 amide bonds. The SMILES string of the molecule is CC(C)OC(=O)[C@H](C)NP(=O)(OC[C@@]1(N=[N+]=[N-])O[C@@H](n2ccc(=S)[nH]c2=O)[C@H](O)[C@@H]1O)Oc1ccccc1. The summed E-state index contributed by atoms with van der Waals surface area (Å²) in [7, 11) is -4.46. The second-order valence-electron chi connectivity index (χ2n) is 8.51. The van der Waals surface area contributed by atoms with E-state index < -0.39 is 62.3 Å². The Labute approximate surface area is 221 Å². The monoisotopic (exact) mass is 570 g/mol. The van der Waals surface area contributed by atoms with Gasteiger partial charge in [-0.05, 0) is 44.5 Å². The number of hydrogen-bond acceptors (Lipinski definition) is 11. The molecule has 1 aliphatic heterocycles. The lowest BCUT2D eigenvalue weighted by atomic mass is 10.1. The van der Waals surface area contributed by atoms with E-state index in [9.17, 15) is 29.9 Å². The number of carbonyl (C=O) groups is 1. The van der Waals surface area contributed by atoms with Crippen molar-refractivity contribution in [3.63, 3.8) is 0 Å². The fourth-order valence-electron chi connectivity index (χ4n) is 3.44. The molecule has 1 aliphatic rings. The molecule has 0 radical (unpaired) electrons. The molecule has 0 bridgehead atoms. The Kier molecular flexibility index (Phi) is 9.46. The third kappa shape index (κ3) is 6.87. The number of aromatic nitrogens is 2. The predicted octanol–water partition coefficient (Wildman–Crippen LogP) is 2.30. The van der Waals surface area contributed by atoms with E-state index in [0.717, 1.165) is 4.57 Å². The number of rotatable bonds is 11. The van der Waals surface area contributed by atoms with Crippen LogP contribution in [-0.4, -0.2) is 62.4 Å². The Morgan fingerprint density at radius 2 is 2.03 bits per heavy atom. The Bertz CT molecular complexity index is 1350. The van der Waals surface area contributed by atoms with Gasteiger partial charge in [-0.1, -0.05) is 35.5 Å². The minimum Gasteiger partial charge on any atom is -0.462 e. The van der Waals surface area contributed by atoms with Crippen molar-refractivity contribution >= 4 is 25.9 Å². The molecular formula is C21H27N6O9PS.